The molecule has 2 N–H and O–H groups in total. The molecular formula is C9H6F4N2OS. The zero-order valence-electron chi connectivity index (χ0n) is 8.43. The molecule has 8 heteroatoms. The molecule has 17 heavy (non-hydrogen) atoms. The Hall–Kier alpha value is -1.57. The van der Waals surface area contributed by atoms with Gasteiger partial charge in [0, 0.05) is 0 Å². The van der Waals surface area contributed by atoms with E-state index in [1.165, 1.54) is 6.26 Å². The van der Waals surface area contributed by atoms with E-state index in [4.69, 9.17) is 5.73 Å². The Morgan fingerprint density at radius 1 is 1.24 bits per heavy atom. The molecule has 0 spiro atoms. The largest absolute Gasteiger partial charge is 0.378 e. The topological polar surface area (TPSA) is 55.4 Å². The lowest BCUT2D eigenvalue weighted by Gasteiger charge is -2.02. The Labute approximate surface area is 97.7 Å². The molecule has 0 bridgehead atoms. The van der Waals surface area contributed by atoms with Crippen molar-refractivity contribution in [2.75, 3.05) is 6.26 Å². The van der Waals surface area contributed by atoms with E-state index < -0.39 is 34.7 Å². The summed E-state index contributed by atoms with van der Waals surface area (Å²) in [6, 6.07) is 0.229. The first-order chi connectivity index (χ1) is 7.88. The smallest absolute Gasteiger partial charge is 0.282 e. The summed E-state index contributed by atoms with van der Waals surface area (Å²) < 4.78 is 51.3. The number of benzene rings is 1. The fourth-order valence-electron chi connectivity index (χ4n) is 0.934. The first-order valence-corrected chi connectivity index (χ1v) is 5.36. The number of nitrogens with zero attached hydrogens (tertiary/aromatic N) is 1. The second-order valence-electron chi connectivity index (χ2n) is 2.81. The lowest BCUT2D eigenvalue weighted by atomic mass is 10.2. The third kappa shape index (κ3) is 2.76. The maximum atomic E-state index is 13.1. The second-order valence-corrected chi connectivity index (χ2v) is 3.63. The Bertz CT molecular complexity index is 504. The van der Waals surface area contributed by atoms with Gasteiger partial charge in [-0.05, 0) is 12.3 Å². The van der Waals surface area contributed by atoms with E-state index in [9.17, 15) is 22.4 Å². The van der Waals surface area contributed by atoms with Crippen molar-refractivity contribution in [1.29, 1.82) is 0 Å². The van der Waals surface area contributed by atoms with Crippen molar-refractivity contribution >= 4 is 22.8 Å². The van der Waals surface area contributed by atoms with Gasteiger partial charge in [0.25, 0.3) is 5.91 Å². The molecule has 1 aromatic rings. The van der Waals surface area contributed by atoms with Crippen LogP contribution in [-0.2, 0) is 0 Å². The molecular weight excluding hydrogens is 260 g/mol. The minimum absolute atomic E-state index is 0.209. The van der Waals surface area contributed by atoms with Gasteiger partial charge in [0.15, 0.2) is 28.4 Å². The third-order valence-corrected chi connectivity index (χ3v) is 2.26. The minimum Gasteiger partial charge on any atom is -0.378 e. The predicted octanol–water partition coefficient (Wildman–Crippen LogP) is 2.06. The first-order valence-electron chi connectivity index (χ1n) is 4.14. The SMILES string of the molecule is CSC(N)=NC(=O)c1cc(F)c(F)c(F)c1F. The van der Waals surface area contributed by atoms with Gasteiger partial charge in [-0.15, -0.1) is 0 Å². The summed E-state index contributed by atoms with van der Waals surface area (Å²) in [4.78, 5) is 14.4. The highest BCUT2D eigenvalue weighted by atomic mass is 32.2. The fraction of sp³-hybridized carbons (Fsp3) is 0.111. The van der Waals surface area contributed by atoms with E-state index in [1.54, 1.807) is 0 Å². The van der Waals surface area contributed by atoms with Gasteiger partial charge in [0.1, 0.15) is 0 Å². The summed E-state index contributed by atoms with van der Waals surface area (Å²) in [7, 11) is 0. The molecule has 0 aliphatic heterocycles. The zero-order valence-corrected chi connectivity index (χ0v) is 9.25. The number of carbonyl (C=O) groups is 1. The van der Waals surface area contributed by atoms with Crippen LogP contribution in [0, 0.1) is 23.3 Å². The monoisotopic (exact) mass is 266 g/mol. The lowest BCUT2D eigenvalue weighted by molar-refractivity contribution is 0.0997. The van der Waals surface area contributed by atoms with Gasteiger partial charge in [-0.2, -0.15) is 4.99 Å². The van der Waals surface area contributed by atoms with Gasteiger partial charge in [0.05, 0.1) is 5.56 Å². The molecule has 0 aromatic heterocycles. The van der Waals surface area contributed by atoms with Gasteiger partial charge < -0.3 is 5.73 Å². The maximum Gasteiger partial charge on any atom is 0.282 e. The standard InChI is InChI=1S/C9H6F4N2OS/c1-17-9(14)15-8(16)3-2-4(10)6(12)7(13)5(3)11/h2H,1H3,(H2,14,15,16). The minimum atomic E-state index is -2.06. The van der Waals surface area contributed by atoms with Crippen LogP contribution in [0.2, 0.25) is 0 Å². The molecule has 1 aromatic carbocycles. The molecule has 0 aliphatic rings. The third-order valence-electron chi connectivity index (χ3n) is 1.75. The molecule has 0 aliphatic carbocycles. The molecule has 0 heterocycles. The van der Waals surface area contributed by atoms with Crippen molar-refractivity contribution in [3.63, 3.8) is 0 Å². The number of carbonyl (C=O) groups excluding carboxylic acids is 1. The Balaban J connectivity index is 3.29. The van der Waals surface area contributed by atoms with Crippen LogP contribution in [0.25, 0.3) is 0 Å². The van der Waals surface area contributed by atoms with Gasteiger partial charge in [-0.3, -0.25) is 4.79 Å². The second kappa shape index (κ2) is 5.17. The lowest BCUT2D eigenvalue weighted by Crippen LogP contribution is -2.12. The molecule has 0 radical (unpaired) electrons. The summed E-state index contributed by atoms with van der Waals surface area (Å²) in [5.41, 5.74) is 4.16. The van der Waals surface area contributed by atoms with E-state index in [1.807, 2.05) is 0 Å². The average molecular weight is 266 g/mol. The van der Waals surface area contributed by atoms with Crippen LogP contribution in [0.5, 0.6) is 0 Å². The highest BCUT2D eigenvalue weighted by Crippen LogP contribution is 2.19. The number of thioether (sulfide) groups is 1. The van der Waals surface area contributed by atoms with Crippen molar-refractivity contribution in [2.45, 2.75) is 0 Å². The van der Waals surface area contributed by atoms with Crippen LogP contribution in [-0.4, -0.2) is 17.3 Å². The van der Waals surface area contributed by atoms with Gasteiger partial charge >= 0.3 is 0 Å². The van der Waals surface area contributed by atoms with Crippen LogP contribution >= 0.6 is 11.8 Å². The Kier molecular flexibility index (Phi) is 4.11. The number of nitrogens with two attached hydrogens (primary N) is 1. The molecule has 1 amide bonds. The number of hydrogen-bond acceptors (Lipinski definition) is 2. The summed E-state index contributed by atoms with van der Waals surface area (Å²) in [6.45, 7) is 0. The molecule has 92 valence electrons. The number of rotatable bonds is 1. The number of amides is 1. The maximum absolute atomic E-state index is 13.1. The summed E-state index contributed by atoms with van der Waals surface area (Å²) >= 11 is 0.888. The van der Waals surface area contributed by atoms with E-state index in [-0.39, 0.29) is 11.2 Å². The quantitative estimate of drug-likeness (QED) is 0.278. The van der Waals surface area contributed by atoms with Crippen LogP contribution < -0.4 is 5.73 Å². The summed E-state index contributed by atoms with van der Waals surface area (Å²) in [5, 5.41) is -0.209. The van der Waals surface area contributed by atoms with Crippen LogP contribution in [0.3, 0.4) is 0 Å². The molecule has 1 rings (SSSR count). The predicted molar refractivity (Wildman–Crippen MR) is 55.7 cm³/mol. The molecule has 0 saturated heterocycles. The van der Waals surface area contributed by atoms with Crippen LogP contribution in [0.15, 0.2) is 11.1 Å². The molecule has 0 saturated carbocycles. The number of aliphatic imine (C=N–C) groups is 1. The summed E-state index contributed by atoms with van der Waals surface area (Å²) in [6.07, 6.45) is 1.49. The highest BCUT2D eigenvalue weighted by Gasteiger charge is 2.22. The van der Waals surface area contributed by atoms with Crippen molar-refractivity contribution in [1.82, 2.24) is 0 Å². The van der Waals surface area contributed by atoms with E-state index in [0.29, 0.717) is 0 Å². The van der Waals surface area contributed by atoms with Crippen molar-refractivity contribution in [2.24, 2.45) is 10.7 Å². The number of amidine groups is 1. The van der Waals surface area contributed by atoms with Crippen LogP contribution in [0.1, 0.15) is 10.4 Å². The molecule has 0 atom stereocenters. The highest BCUT2D eigenvalue weighted by molar-refractivity contribution is 8.13. The molecule has 3 nitrogen and oxygen atoms in total. The fourth-order valence-corrected chi connectivity index (χ4v) is 1.11. The van der Waals surface area contributed by atoms with Gasteiger partial charge in [-0.25, -0.2) is 17.6 Å². The average Bonchev–Trinajstić information content (AvgIpc) is 2.30. The normalized spacial score (nSPS) is 11.7. The van der Waals surface area contributed by atoms with Crippen molar-refractivity contribution in [3.05, 3.63) is 34.9 Å². The van der Waals surface area contributed by atoms with Crippen LogP contribution in [0.4, 0.5) is 17.6 Å². The zero-order chi connectivity index (χ0) is 13.2. The molecule has 0 unspecified atom stereocenters. The Morgan fingerprint density at radius 3 is 2.35 bits per heavy atom. The van der Waals surface area contributed by atoms with Crippen molar-refractivity contribution < 1.29 is 22.4 Å². The van der Waals surface area contributed by atoms with E-state index in [2.05, 4.69) is 4.99 Å². The Morgan fingerprint density at radius 2 is 1.82 bits per heavy atom. The molecule has 0 fully saturated rings. The van der Waals surface area contributed by atoms with Gasteiger partial charge in [-0.1, -0.05) is 11.8 Å². The number of hydrogen-bond donors (Lipinski definition) is 1. The van der Waals surface area contributed by atoms with Crippen molar-refractivity contribution in [3.8, 4) is 0 Å². The number of halogens is 4. The van der Waals surface area contributed by atoms with E-state index in [0.717, 1.165) is 11.8 Å². The van der Waals surface area contributed by atoms with Gasteiger partial charge in [0.2, 0.25) is 0 Å². The summed E-state index contributed by atoms with van der Waals surface area (Å²) in [5.74, 6) is -8.81. The first kappa shape index (κ1) is 13.5. The van der Waals surface area contributed by atoms with E-state index >= 15 is 0 Å².